The molecule has 0 spiro atoms. The Morgan fingerprint density at radius 3 is 2.67 bits per heavy atom. The molecule has 0 aliphatic rings. The molecule has 0 saturated heterocycles. The molecular formula is C13H19BrFNO4S. The zero-order valence-electron chi connectivity index (χ0n) is 11.7. The summed E-state index contributed by atoms with van der Waals surface area (Å²) in [5.74, 6) is -0.924. The molecule has 1 aromatic carbocycles. The first kappa shape index (κ1) is 18.5. The predicted molar refractivity (Wildman–Crippen MR) is 80.9 cm³/mol. The molecule has 0 saturated carbocycles. The van der Waals surface area contributed by atoms with Gasteiger partial charge in [0.2, 0.25) is 10.0 Å². The largest absolute Gasteiger partial charge is 0.392 e. The van der Waals surface area contributed by atoms with Crippen molar-refractivity contribution < 1.29 is 22.7 Å². The first-order chi connectivity index (χ1) is 9.92. The molecule has 0 heterocycles. The lowest BCUT2D eigenvalue weighted by atomic mass is 10.2. The Kier molecular flexibility index (Phi) is 7.75. The third-order valence-electron chi connectivity index (χ3n) is 2.86. The molecule has 5 nitrogen and oxygen atoms in total. The van der Waals surface area contributed by atoms with E-state index in [9.17, 15) is 12.8 Å². The molecule has 0 radical (unpaired) electrons. The summed E-state index contributed by atoms with van der Waals surface area (Å²) in [5, 5.41) is 9.04. The Balaban J connectivity index is 2.72. The lowest BCUT2D eigenvalue weighted by Crippen LogP contribution is -2.26. The van der Waals surface area contributed by atoms with Crippen LogP contribution in [0.25, 0.3) is 0 Å². The Morgan fingerprint density at radius 2 is 2.05 bits per heavy atom. The Bertz CT molecular complexity index is 566. The predicted octanol–water partition coefficient (Wildman–Crippen LogP) is 2.18. The number of halogens is 2. The molecule has 0 amide bonds. The smallest absolute Gasteiger partial charge is 0.243 e. The number of hydrogen-bond donors (Lipinski definition) is 2. The van der Waals surface area contributed by atoms with Crippen molar-refractivity contribution in [3.63, 3.8) is 0 Å². The monoisotopic (exact) mass is 383 g/mol. The minimum Gasteiger partial charge on any atom is -0.392 e. The van der Waals surface area contributed by atoms with Crippen molar-refractivity contribution in [2.45, 2.75) is 30.8 Å². The molecule has 0 atom stereocenters. The van der Waals surface area contributed by atoms with Gasteiger partial charge in [0.25, 0.3) is 0 Å². The Labute approximate surface area is 132 Å². The number of hydrogen-bond acceptors (Lipinski definition) is 4. The first-order valence-electron chi connectivity index (χ1n) is 6.49. The van der Waals surface area contributed by atoms with E-state index in [2.05, 4.69) is 20.7 Å². The van der Waals surface area contributed by atoms with Gasteiger partial charge in [0, 0.05) is 30.3 Å². The number of aliphatic hydroxyl groups excluding tert-OH is 1. The van der Waals surface area contributed by atoms with Crippen LogP contribution in [-0.4, -0.2) is 33.8 Å². The third kappa shape index (κ3) is 5.63. The maximum atomic E-state index is 14.0. The number of benzene rings is 1. The van der Waals surface area contributed by atoms with Gasteiger partial charge in [-0.05, 0) is 31.4 Å². The number of aliphatic hydroxyl groups is 1. The molecular weight excluding hydrogens is 365 g/mol. The van der Waals surface area contributed by atoms with Gasteiger partial charge in [-0.15, -0.1) is 0 Å². The molecule has 0 aliphatic heterocycles. The van der Waals surface area contributed by atoms with E-state index in [-0.39, 0.29) is 12.1 Å². The van der Waals surface area contributed by atoms with Gasteiger partial charge in [-0.3, -0.25) is 0 Å². The highest BCUT2D eigenvalue weighted by atomic mass is 79.9. The second kappa shape index (κ2) is 8.79. The van der Waals surface area contributed by atoms with E-state index in [0.717, 1.165) is 12.8 Å². The maximum absolute atomic E-state index is 14.0. The zero-order valence-corrected chi connectivity index (χ0v) is 14.1. The number of unbranched alkanes of at least 4 members (excludes halogenated alkanes) is 2. The molecule has 0 bridgehead atoms. The average Bonchev–Trinajstić information content (AvgIpc) is 2.44. The van der Waals surface area contributed by atoms with E-state index in [0.29, 0.717) is 17.5 Å². The number of methoxy groups -OCH3 is 1. The first-order valence-corrected chi connectivity index (χ1v) is 8.77. The highest BCUT2D eigenvalue weighted by Gasteiger charge is 2.21. The molecule has 0 aliphatic carbocycles. The molecule has 1 rings (SSSR count). The van der Waals surface area contributed by atoms with Crippen molar-refractivity contribution >= 4 is 26.0 Å². The maximum Gasteiger partial charge on any atom is 0.243 e. The van der Waals surface area contributed by atoms with Crippen LogP contribution >= 0.6 is 15.9 Å². The van der Waals surface area contributed by atoms with Gasteiger partial charge in [0.1, 0.15) is 10.7 Å². The lowest BCUT2D eigenvalue weighted by Gasteiger charge is -2.10. The summed E-state index contributed by atoms with van der Waals surface area (Å²) in [5.41, 5.74) is -0.0650. The van der Waals surface area contributed by atoms with Crippen LogP contribution in [0.2, 0.25) is 0 Å². The highest BCUT2D eigenvalue weighted by Crippen LogP contribution is 2.24. The number of sulfonamides is 1. The van der Waals surface area contributed by atoms with E-state index >= 15 is 0 Å². The van der Waals surface area contributed by atoms with E-state index < -0.39 is 27.3 Å². The van der Waals surface area contributed by atoms with Crippen LogP contribution in [0.4, 0.5) is 4.39 Å². The van der Waals surface area contributed by atoms with Gasteiger partial charge in [0.05, 0.1) is 6.61 Å². The summed E-state index contributed by atoms with van der Waals surface area (Å²) < 4.78 is 45.8. The standard InChI is InChI=1S/C13H19BrFNO4S/c1-20-6-4-2-3-5-16-21(18,19)12-8-11(14)7-10(9-17)13(12)15/h7-8,16-17H,2-6,9H2,1H3. The van der Waals surface area contributed by atoms with E-state index in [4.69, 9.17) is 9.84 Å². The molecule has 0 aromatic heterocycles. The highest BCUT2D eigenvalue weighted by molar-refractivity contribution is 9.10. The summed E-state index contributed by atoms with van der Waals surface area (Å²) in [6.45, 7) is 0.296. The summed E-state index contributed by atoms with van der Waals surface area (Å²) in [7, 11) is -2.33. The van der Waals surface area contributed by atoms with Crippen LogP contribution in [0.15, 0.2) is 21.5 Å². The van der Waals surface area contributed by atoms with Crippen LogP contribution in [0.1, 0.15) is 24.8 Å². The van der Waals surface area contributed by atoms with Gasteiger partial charge >= 0.3 is 0 Å². The third-order valence-corrected chi connectivity index (χ3v) is 4.77. The minimum atomic E-state index is -3.94. The summed E-state index contributed by atoms with van der Waals surface area (Å²) in [6, 6.07) is 2.53. The van der Waals surface area contributed by atoms with Crippen molar-refractivity contribution in [1.82, 2.24) is 4.72 Å². The number of ether oxygens (including phenoxy) is 1. The quantitative estimate of drug-likeness (QED) is 0.640. The minimum absolute atomic E-state index is 0.0650. The fraction of sp³-hybridized carbons (Fsp3) is 0.538. The van der Waals surface area contributed by atoms with Crippen LogP contribution in [0, 0.1) is 5.82 Å². The fourth-order valence-electron chi connectivity index (χ4n) is 1.76. The van der Waals surface area contributed by atoms with Crippen molar-refractivity contribution in [1.29, 1.82) is 0 Å². The van der Waals surface area contributed by atoms with E-state index in [1.165, 1.54) is 12.1 Å². The molecule has 8 heteroatoms. The van der Waals surface area contributed by atoms with Gasteiger partial charge < -0.3 is 9.84 Å². The van der Waals surface area contributed by atoms with Crippen LogP contribution in [-0.2, 0) is 21.4 Å². The van der Waals surface area contributed by atoms with Crippen molar-refractivity contribution in [2.24, 2.45) is 0 Å². The SMILES string of the molecule is COCCCCCNS(=O)(=O)c1cc(Br)cc(CO)c1F. The number of rotatable bonds is 9. The summed E-state index contributed by atoms with van der Waals surface area (Å²) in [4.78, 5) is -0.460. The van der Waals surface area contributed by atoms with E-state index in [1.54, 1.807) is 7.11 Å². The topological polar surface area (TPSA) is 75.6 Å². The number of nitrogens with one attached hydrogen (secondary N) is 1. The second-order valence-corrected chi connectivity index (χ2v) is 7.14. The van der Waals surface area contributed by atoms with Crippen LogP contribution < -0.4 is 4.72 Å². The van der Waals surface area contributed by atoms with Crippen molar-refractivity contribution in [3.8, 4) is 0 Å². The molecule has 0 unspecified atom stereocenters. The van der Waals surface area contributed by atoms with Gasteiger partial charge in [-0.2, -0.15) is 0 Å². The second-order valence-electron chi connectivity index (χ2n) is 4.49. The fourth-order valence-corrected chi connectivity index (χ4v) is 3.64. The Hall–Kier alpha value is -0.540. The Morgan fingerprint density at radius 1 is 1.33 bits per heavy atom. The normalized spacial score (nSPS) is 11.8. The van der Waals surface area contributed by atoms with Gasteiger partial charge in [-0.1, -0.05) is 15.9 Å². The van der Waals surface area contributed by atoms with Crippen molar-refractivity contribution in [2.75, 3.05) is 20.3 Å². The summed E-state index contributed by atoms with van der Waals surface area (Å²) >= 11 is 3.11. The summed E-state index contributed by atoms with van der Waals surface area (Å²) in [6.07, 6.45) is 2.31. The van der Waals surface area contributed by atoms with Crippen LogP contribution in [0.5, 0.6) is 0 Å². The molecule has 120 valence electrons. The zero-order chi connectivity index (χ0) is 15.9. The molecule has 21 heavy (non-hydrogen) atoms. The molecule has 0 fully saturated rings. The molecule has 1 aromatic rings. The average molecular weight is 384 g/mol. The van der Waals surface area contributed by atoms with Crippen molar-refractivity contribution in [3.05, 3.63) is 28.0 Å². The van der Waals surface area contributed by atoms with Gasteiger partial charge in [0.15, 0.2) is 0 Å². The molecule has 2 N–H and O–H groups in total. The van der Waals surface area contributed by atoms with E-state index in [1.807, 2.05) is 0 Å². The van der Waals surface area contributed by atoms with Gasteiger partial charge in [-0.25, -0.2) is 17.5 Å². The lowest BCUT2D eigenvalue weighted by molar-refractivity contribution is 0.192. The van der Waals surface area contributed by atoms with Crippen LogP contribution in [0.3, 0.4) is 0 Å².